The summed E-state index contributed by atoms with van der Waals surface area (Å²) in [6, 6.07) is 15.0. The van der Waals surface area contributed by atoms with Crippen molar-refractivity contribution in [3.05, 3.63) is 70.8 Å². The molecule has 0 atom stereocenters. The molecule has 0 saturated carbocycles. The molecule has 1 fully saturated rings. The summed E-state index contributed by atoms with van der Waals surface area (Å²) in [5.74, 6) is -0.231. The summed E-state index contributed by atoms with van der Waals surface area (Å²) in [7, 11) is 0. The molecule has 1 aliphatic heterocycles. The highest BCUT2D eigenvalue weighted by Gasteiger charge is 2.29. The second kappa shape index (κ2) is 6.87. The van der Waals surface area contributed by atoms with Gasteiger partial charge in [-0.15, -0.1) is 0 Å². The maximum absolute atomic E-state index is 12.8. The molecule has 0 N–H and O–H groups in total. The van der Waals surface area contributed by atoms with Gasteiger partial charge in [0.2, 0.25) is 0 Å². The van der Waals surface area contributed by atoms with Crippen LogP contribution in [0, 0.1) is 13.8 Å². The average molecular weight is 322 g/mol. The molecule has 1 heterocycles. The van der Waals surface area contributed by atoms with Gasteiger partial charge >= 0.3 is 0 Å². The Hall–Kier alpha value is -2.62. The molecule has 0 spiro atoms. The molecule has 3 rings (SSSR count). The van der Waals surface area contributed by atoms with E-state index in [9.17, 15) is 9.59 Å². The lowest BCUT2D eigenvalue weighted by atomic mass is 10.1. The van der Waals surface area contributed by atoms with Crippen LogP contribution in [-0.2, 0) is 0 Å². The topological polar surface area (TPSA) is 40.6 Å². The number of amides is 2. The summed E-state index contributed by atoms with van der Waals surface area (Å²) < 4.78 is 0. The molecular weight excluding hydrogens is 300 g/mol. The first kappa shape index (κ1) is 16.2. The minimum atomic E-state index is -0.116. The molecule has 4 heteroatoms. The van der Waals surface area contributed by atoms with Crippen molar-refractivity contribution in [2.24, 2.45) is 0 Å². The minimum Gasteiger partial charge on any atom is -0.267 e. The Morgan fingerprint density at radius 3 is 1.33 bits per heavy atom. The number of hydrogen-bond acceptors (Lipinski definition) is 2. The van der Waals surface area contributed by atoms with Gasteiger partial charge in [0, 0.05) is 24.2 Å². The van der Waals surface area contributed by atoms with Gasteiger partial charge in [-0.3, -0.25) is 9.59 Å². The van der Waals surface area contributed by atoms with Gasteiger partial charge in [0.1, 0.15) is 0 Å². The summed E-state index contributed by atoms with van der Waals surface area (Å²) in [5.41, 5.74) is 3.45. The van der Waals surface area contributed by atoms with E-state index in [1.54, 1.807) is 10.0 Å². The van der Waals surface area contributed by atoms with Gasteiger partial charge in [-0.05, 0) is 51.0 Å². The quantitative estimate of drug-likeness (QED) is 0.847. The Bertz CT molecular complexity index is 670. The molecule has 2 aromatic rings. The average Bonchev–Trinajstić information content (AvgIpc) is 2.62. The van der Waals surface area contributed by atoms with Crippen LogP contribution >= 0.6 is 0 Å². The van der Waals surface area contributed by atoms with Crippen LogP contribution in [0.25, 0.3) is 0 Å². The Labute approximate surface area is 142 Å². The van der Waals surface area contributed by atoms with Gasteiger partial charge < -0.3 is 0 Å². The smallest absolute Gasteiger partial charge is 0.267 e. The molecular formula is C20H22N2O2. The van der Waals surface area contributed by atoms with Crippen molar-refractivity contribution >= 4 is 11.8 Å². The predicted molar refractivity (Wildman–Crippen MR) is 93.7 cm³/mol. The van der Waals surface area contributed by atoms with E-state index in [2.05, 4.69) is 0 Å². The summed E-state index contributed by atoms with van der Waals surface area (Å²) in [6.45, 7) is 5.12. The van der Waals surface area contributed by atoms with Crippen molar-refractivity contribution in [3.63, 3.8) is 0 Å². The first-order valence-electron chi connectivity index (χ1n) is 8.33. The standard InChI is InChI=1S/C20H22N2O2/c1-15-5-9-17(10-6-15)19(23)21-13-3-4-14-22(21)20(24)18-11-7-16(2)8-12-18/h5-12H,3-4,13-14H2,1-2H3. The molecule has 0 bridgehead atoms. The Morgan fingerprint density at radius 1 is 0.667 bits per heavy atom. The maximum atomic E-state index is 12.8. The zero-order valence-corrected chi connectivity index (χ0v) is 14.2. The number of benzene rings is 2. The lowest BCUT2D eigenvalue weighted by molar-refractivity contribution is -0.0170. The van der Waals surface area contributed by atoms with E-state index in [-0.39, 0.29) is 11.8 Å². The van der Waals surface area contributed by atoms with Crippen LogP contribution in [0.5, 0.6) is 0 Å². The Kier molecular flexibility index (Phi) is 4.65. The Balaban J connectivity index is 1.85. The largest absolute Gasteiger partial charge is 0.272 e. The van der Waals surface area contributed by atoms with Crippen molar-refractivity contribution in [1.29, 1.82) is 0 Å². The fourth-order valence-corrected chi connectivity index (χ4v) is 2.88. The highest BCUT2D eigenvalue weighted by atomic mass is 16.2. The molecule has 0 aliphatic carbocycles. The number of carbonyl (C=O) groups excluding carboxylic acids is 2. The van der Waals surface area contributed by atoms with Gasteiger partial charge in [-0.2, -0.15) is 0 Å². The lowest BCUT2D eigenvalue weighted by Gasteiger charge is -2.38. The van der Waals surface area contributed by atoms with Gasteiger partial charge in [0.05, 0.1) is 0 Å². The van der Waals surface area contributed by atoms with Crippen molar-refractivity contribution in [1.82, 2.24) is 10.0 Å². The van der Waals surface area contributed by atoms with E-state index in [4.69, 9.17) is 0 Å². The van der Waals surface area contributed by atoms with Crippen LogP contribution in [-0.4, -0.2) is 34.9 Å². The third-order valence-corrected chi connectivity index (χ3v) is 4.35. The van der Waals surface area contributed by atoms with Crippen molar-refractivity contribution in [2.75, 3.05) is 13.1 Å². The number of carbonyl (C=O) groups is 2. The second-order valence-corrected chi connectivity index (χ2v) is 6.30. The maximum Gasteiger partial charge on any atom is 0.272 e. The Morgan fingerprint density at radius 2 is 1.00 bits per heavy atom. The number of aryl methyl sites for hydroxylation is 2. The molecule has 4 nitrogen and oxygen atoms in total. The van der Waals surface area contributed by atoms with Gasteiger partial charge in [-0.1, -0.05) is 35.4 Å². The van der Waals surface area contributed by atoms with Gasteiger partial charge in [0.15, 0.2) is 0 Å². The summed E-state index contributed by atoms with van der Waals surface area (Å²) in [4.78, 5) is 25.7. The molecule has 0 aromatic heterocycles. The lowest BCUT2D eigenvalue weighted by Crippen LogP contribution is -2.53. The van der Waals surface area contributed by atoms with E-state index in [1.807, 2.05) is 62.4 Å². The van der Waals surface area contributed by atoms with Crippen LogP contribution in [0.2, 0.25) is 0 Å². The van der Waals surface area contributed by atoms with E-state index >= 15 is 0 Å². The number of hydrogen-bond donors (Lipinski definition) is 0. The van der Waals surface area contributed by atoms with Crippen LogP contribution in [0.15, 0.2) is 48.5 Å². The SMILES string of the molecule is Cc1ccc(C(=O)N2CCCCN2C(=O)c2ccc(C)cc2)cc1. The number of hydrazine groups is 1. The molecule has 1 aliphatic rings. The van der Waals surface area contributed by atoms with Gasteiger partial charge in [0.25, 0.3) is 11.8 Å². The van der Waals surface area contributed by atoms with Crippen LogP contribution in [0.1, 0.15) is 44.7 Å². The van der Waals surface area contributed by atoms with Crippen molar-refractivity contribution < 1.29 is 9.59 Å². The van der Waals surface area contributed by atoms with E-state index < -0.39 is 0 Å². The van der Waals surface area contributed by atoms with Gasteiger partial charge in [-0.25, -0.2) is 10.0 Å². The summed E-state index contributed by atoms with van der Waals surface area (Å²) in [6.07, 6.45) is 1.82. The fraction of sp³-hybridized carbons (Fsp3) is 0.300. The van der Waals surface area contributed by atoms with Crippen LogP contribution < -0.4 is 0 Å². The third kappa shape index (κ3) is 3.32. The molecule has 2 amide bonds. The zero-order chi connectivity index (χ0) is 17.1. The minimum absolute atomic E-state index is 0.116. The summed E-state index contributed by atoms with van der Waals surface area (Å²) >= 11 is 0. The third-order valence-electron chi connectivity index (χ3n) is 4.35. The molecule has 0 radical (unpaired) electrons. The summed E-state index contributed by atoms with van der Waals surface area (Å²) in [5, 5.41) is 3.19. The van der Waals surface area contributed by atoms with Crippen molar-refractivity contribution in [2.45, 2.75) is 26.7 Å². The first-order chi connectivity index (χ1) is 11.6. The normalized spacial score (nSPS) is 14.6. The molecule has 1 saturated heterocycles. The van der Waals surface area contributed by atoms with E-state index in [0.717, 1.165) is 24.0 Å². The van der Waals surface area contributed by atoms with Crippen molar-refractivity contribution in [3.8, 4) is 0 Å². The predicted octanol–water partition coefficient (Wildman–Crippen LogP) is 3.60. The van der Waals surface area contributed by atoms with E-state index in [1.165, 1.54) is 0 Å². The first-order valence-corrected chi connectivity index (χ1v) is 8.33. The second-order valence-electron chi connectivity index (χ2n) is 6.30. The van der Waals surface area contributed by atoms with Crippen LogP contribution in [0.4, 0.5) is 0 Å². The zero-order valence-electron chi connectivity index (χ0n) is 14.2. The highest BCUT2D eigenvalue weighted by Crippen LogP contribution is 2.18. The van der Waals surface area contributed by atoms with Crippen LogP contribution in [0.3, 0.4) is 0 Å². The molecule has 124 valence electrons. The van der Waals surface area contributed by atoms with E-state index in [0.29, 0.717) is 24.2 Å². The monoisotopic (exact) mass is 322 g/mol. The molecule has 2 aromatic carbocycles. The number of rotatable bonds is 2. The highest BCUT2D eigenvalue weighted by molar-refractivity contribution is 5.99. The number of nitrogens with zero attached hydrogens (tertiary/aromatic N) is 2. The molecule has 0 unspecified atom stereocenters. The fourth-order valence-electron chi connectivity index (χ4n) is 2.88. The molecule has 24 heavy (non-hydrogen) atoms.